The highest BCUT2D eigenvalue weighted by atomic mass is 16.4. The van der Waals surface area contributed by atoms with Crippen molar-refractivity contribution < 1.29 is 14.7 Å². The highest BCUT2D eigenvalue weighted by Gasteiger charge is 2.26. The standard InChI is InChI=1S/C19H24N2O3/c1-4-20-9-8-16-15(11-20)14-6-5-12(2)17(19(23)24)18(14)21(16)10-7-13(3)22/h5-6H,4,7-11H2,1-3H3,(H,23,24). The molecule has 2 heterocycles. The van der Waals surface area contributed by atoms with Gasteiger partial charge in [-0.1, -0.05) is 19.1 Å². The summed E-state index contributed by atoms with van der Waals surface area (Å²) in [5.41, 5.74) is 4.34. The monoisotopic (exact) mass is 328 g/mol. The number of Topliss-reactive ketones (excluding diaryl/α,β-unsaturated/α-hetero) is 1. The molecule has 0 saturated carbocycles. The summed E-state index contributed by atoms with van der Waals surface area (Å²) in [6.45, 7) is 8.92. The maximum atomic E-state index is 11.9. The lowest BCUT2D eigenvalue weighted by Crippen LogP contribution is -2.30. The average molecular weight is 328 g/mol. The Bertz CT molecular complexity index is 820. The first kappa shape index (κ1) is 16.7. The van der Waals surface area contributed by atoms with E-state index in [0.717, 1.165) is 42.5 Å². The minimum atomic E-state index is -0.899. The summed E-state index contributed by atoms with van der Waals surface area (Å²) in [6, 6.07) is 3.94. The molecule has 0 spiro atoms. The number of carboxylic acids is 1. The molecule has 1 aromatic heterocycles. The number of nitrogens with zero attached hydrogens (tertiary/aromatic N) is 2. The van der Waals surface area contributed by atoms with Crippen LogP contribution < -0.4 is 0 Å². The Morgan fingerprint density at radius 2 is 2.04 bits per heavy atom. The van der Waals surface area contributed by atoms with E-state index in [1.54, 1.807) is 6.92 Å². The van der Waals surface area contributed by atoms with Gasteiger partial charge in [0.05, 0.1) is 11.1 Å². The fraction of sp³-hybridized carbons (Fsp3) is 0.474. The largest absolute Gasteiger partial charge is 0.478 e. The zero-order valence-corrected chi connectivity index (χ0v) is 14.6. The van der Waals surface area contributed by atoms with Gasteiger partial charge in [-0.3, -0.25) is 9.69 Å². The van der Waals surface area contributed by atoms with Crippen LogP contribution in [0.4, 0.5) is 0 Å². The van der Waals surface area contributed by atoms with E-state index in [4.69, 9.17) is 0 Å². The zero-order valence-electron chi connectivity index (χ0n) is 14.6. The van der Waals surface area contributed by atoms with Crippen LogP contribution in [0.15, 0.2) is 12.1 Å². The van der Waals surface area contributed by atoms with Crippen molar-refractivity contribution in [2.24, 2.45) is 0 Å². The predicted octanol–water partition coefficient (Wildman–Crippen LogP) is 3.01. The van der Waals surface area contributed by atoms with E-state index in [9.17, 15) is 14.7 Å². The summed E-state index contributed by atoms with van der Waals surface area (Å²) in [6.07, 6.45) is 1.33. The van der Waals surface area contributed by atoms with Crippen LogP contribution in [0.25, 0.3) is 10.9 Å². The smallest absolute Gasteiger partial charge is 0.338 e. The summed E-state index contributed by atoms with van der Waals surface area (Å²) >= 11 is 0. The molecule has 5 nitrogen and oxygen atoms in total. The number of hydrogen-bond acceptors (Lipinski definition) is 3. The fourth-order valence-electron chi connectivity index (χ4n) is 3.75. The summed E-state index contributed by atoms with van der Waals surface area (Å²) in [5, 5.41) is 10.8. The Hall–Kier alpha value is -2.14. The molecule has 2 aromatic rings. The molecular formula is C19H24N2O3. The van der Waals surface area contributed by atoms with Crippen molar-refractivity contribution in [3.05, 3.63) is 34.5 Å². The number of carbonyl (C=O) groups is 2. The Balaban J connectivity index is 2.27. The van der Waals surface area contributed by atoms with Gasteiger partial charge in [-0.2, -0.15) is 0 Å². The van der Waals surface area contributed by atoms with Gasteiger partial charge in [0, 0.05) is 43.6 Å². The van der Waals surface area contributed by atoms with Gasteiger partial charge in [0.25, 0.3) is 0 Å². The van der Waals surface area contributed by atoms with Gasteiger partial charge >= 0.3 is 5.97 Å². The van der Waals surface area contributed by atoms with E-state index in [0.29, 0.717) is 18.5 Å². The van der Waals surface area contributed by atoms with Gasteiger partial charge in [-0.15, -0.1) is 0 Å². The number of aromatic carboxylic acids is 1. The number of carboxylic acid groups (broad SMARTS) is 1. The van der Waals surface area contributed by atoms with Gasteiger partial charge in [0.2, 0.25) is 0 Å². The van der Waals surface area contributed by atoms with Crippen LogP contribution in [0.5, 0.6) is 0 Å². The molecule has 0 radical (unpaired) electrons. The number of carbonyl (C=O) groups excluding carboxylic acids is 1. The van der Waals surface area contributed by atoms with E-state index < -0.39 is 5.97 Å². The Labute approximate surface area is 141 Å². The third-order valence-corrected chi connectivity index (χ3v) is 5.05. The quantitative estimate of drug-likeness (QED) is 0.916. The van der Waals surface area contributed by atoms with Gasteiger partial charge < -0.3 is 9.67 Å². The Kier molecular flexibility index (Phi) is 4.45. The molecule has 0 atom stereocenters. The van der Waals surface area contributed by atoms with Crippen molar-refractivity contribution in [1.82, 2.24) is 9.47 Å². The first-order chi connectivity index (χ1) is 11.4. The van der Waals surface area contributed by atoms with Gasteiger partial charge in [0.15, 0.2) is 0 Å². The number of hydrogen-bond donors (Lipinski definition) is 1. The first-order valence-electron chi connectivity index (χ1n) is 8.52. The predicted molar refractivity (Wildman–Crippen MR) is 93.6 cm³/mol. The second kappa shape index (κ2) is 6.40. The Morgan fingerprint density at radius 1 is 1.29 bits per heavy atom. The molecule has 0 saturated heterocycles. The molecule has 1 aromatic carbocycles. The van der Waals surface area contributed by atoms with Crippen molar-refractivity contribution >= 4 is 22.7 Å². The highest BCUT2D eigenvalue weighted by Crippen LogP contribution is 2.34. The second-order valence-corrected chi connectivity index (χ2v) is 6.61. The van der Waals surface area contributed by atoms with Crippen LogP contribution in [-0.4, -0.2) is 39.4 Å². The second-order valence-electron chi connectivity index (χ2n) is 6.61. The highest BCUT2D eigenvalue weighted by molar-refractivity contribution is 6.05. The number of aromatic nitrogens is 1. The van der Waals surface area contributed by atoms with Crippen molar-refractivity contribution in [1.29, 1.82) is 0 Å². The van der Waals surface area contributed by atoms with E-state index in [2.05, 4.69) is 16.4 Å². The number of rotatable bonds is 5. The van der Waals surface area contributed by atoms with Crippen LogP contribution in [0.3, 0.4) is 0 Å². The van der Waals surface area contributed by atoms with Crippen molar-refractivity contribution in [3.63, 3.8) is 0 Å². The molecule has 1 aliphatic rings. The van der Waals surface area contributed by atoms with E-state index in [1.807, 2.05) is 19.1 Å². The van der Waals surface area contributed by atoms with E-state index in [-0.39, 0.29) is 5.78 Å². The first-order valence-corrected chi connectivity index (χ1v) is 8.52. The lowest BCUT2D eigenvalue weighted by molar-refractivity contribution is -0.117. The topological polar surface area (TPSA) is 62.5 Å². The maximum absolute atomic E-state index is 11.9. The van der Waals surface area contributed by atoms with Crippen LogP contribution in [0, 0.1) is 6.92 Å². The summed E-state index contributed by atoms with van der Waals surface area (Å²) < 4.78 is 2.09. The zero-order chi connectivity index (χ0) is 17.4. The third-order valence-electron chi connectivity index (χ3n) is 5.05. The van der Waals surface area contributed by atoms with E-state index in [1.165, 1.54) is 11.3 Å². The van der Waals surface area contributed by atoms with Crippen molar-refractivity contribution in [2.45, 2.75) is 46.7 Å². The van der Waals surface area contributed by atoms with Crippen LogP contribution in [0.2, 0.25) is 0 Å². The summed E-state index contributed by atoms with van der Waals surface area (Å²) in [7, 11) is 0. The van der Waals surface area contributed by atoms with Gasteiger partial charge in [-0.05, 0) is 31.5 Å². The number of benzene rings is 1. The normalized spacial score (nSPS) is 14.8. The molecule has 5 heteroatoms. The minimum Gasteiger partial charge on any atom is -0.478 e. The molecule has 1 N–H and O–H groups in total. The van der Waals surface area contributed by atoms with Gasteiger partial charge in [0.1, 0.15) is 5.78 Å². The van der Waals surface area contributed by atoms with Crippen LogP contribution in [0.1, 0.15) is 47.4 Å². The molecule has 0 amide bonds. The maximum Gasteiger partial charge on any atom is 0.338 e. The third kappa shape index (κ3) is 2.73. The molecule has 0 fully saturated rings. The number of likely N-dealkylation sites (N-methyl/N-ethyl adjacent to an activating group) is 1. The molecule has 24 heavy (non-hydrogen) atoms. The molecule has 0 unspecified atom stereocenters. The molecule has 0 bridgehead atoms. The minimum absolute atomic E-state index is 0.126. The molecular weight excluding hydrogens is 304 g/mol. The molecule has 0 aliphatic carbocycles. The number of ketones is 1. The molecule has 128 valence electrons. The lowest BCUT2D eigenvalue weighted by atomic mass is 10.0. The fourth-order valence-corrected chi connectivity index (χ4v) is 3.75. The summed E-state index contributed by atoms with van der Waals surface area (Å²) in [5.74, 6) is -0.773. The van der Waals surface area contributed by atoms with Gasteiger partial charge in [-0.25, -0.2) is 4.79 Å². The molecule has 3 rings (SSSR count). The van der Waals surface area contributed by atoms with E-state index >= 15 is 0 Å². The number of aryl methyl sites for hydroxylation is 2. The molecule has 1 aliphatic heterocycles. The number of fused-ring (bicyclic) bond motifs is 3. The average Bonchev–Trinajstić information content (AvgIpc) is 2.85. The van der Waals surface area contributed by atoms with Crippen LogP contribution >= 0.6 is 0 Å². The van der Waals surface area contributed by atoms with Crippen molar-refractivity contribution in [3.8, 4) is 0 Å². The van der Waals surface area contributed by atoms with Crippen molar-refractivity contribution in [2.75, 3.05) is 13.1 Å². The Morgan fingerprint density at radius 3 is 2.67 bits per heavy atom. The van der Waals surface area contributed by atoms with Crippen LogP contribution in [-0.2, 0) is 24.3 Å². The summed E-state index contributed by atoms with van der Waals surface area (Å²) in [4.78, 5) is 25.7. The SMILES string of the molecule is CCN1CCc2c(c3ccc(C)c(C(=O)O)c3n2CCC(C)=O)C1. The lowest BCUT2D eigenvalue weighted by Gasteiger charge is -2.26.